The van der Waals surface area contributed by atoms with Gasteiger partial charge in [-0.15, -0.1) is 0 Å². The number of hydrogen-bond acceptors (Lipinski definition) is 4. The smallest absolute Gasteiger partial charge is 0.220 e. The molecule has 2 unspecified atom stereocenters. The number of amides is 1. The largest absolute Gasteiger partial charge is 0.366 e. The summed E-state index contributed by atoms with van der Waals surface area (Å²) in [4.78, 5) is 23.3. The normalized spacial score (nSPS) is 28.3. The summed E-state index contributed by atoms with van der Waals surface area (Å²) in [5, 5.41) is 12.7. The summed E-state index contributed by atoms with van der Waals surface area (Å²) in [7, 11) is 0. The molecule has 1 aliphatic carbocycles. The van der Waals surface area contributed by atoms with Gasteiger partial charge in [0, 0.05) is 12.8 Å². The topological polar surface area (TPSA) is 75.6 Å². The summed E-state index contributed by atoms with van der Waals surface area (Å²) in [6.45, 7) is 1.91. The molecule has 0 bridgehead atoms. The van der Waals surface area contributed by atoms with Crippen molar-refractivity contribution >= 4 is 43.6 Å². The molecule has 110 valence electrons. The first-order valence-corrected chi connectivity index (χ1v) is 7.92. The Kier molecular flexibility index (Phi) is 4.84. The van der Waals surface area contributed by atoms with Crippen LogP contribution in [0.3, 0.4) is 0 Å². The van der Waals surface area contributed by atoms with Gasteiger partial charge in [0.05, 0.1) is 15.0 Å². The lowest BCUT2D eigenvalue weighted by Gasteiger charge is -2.25. The van der Waals surface area contributed by atoms with E-state index in [2.05, 4.69) is 37.2 Å². The second-order valence-electron chi connectivity index (χ2n) is 4.91. The van der Waals surface area contributed by atoms with Crippen LogP contribution in [0.4, 0.5) is 0 Å². The van der Waals surface area contributed by atoms with Crippen LogP contribution in [-0.4, -0.2) is 34.7 Å². The quantitative estimate of drug-likeness (QED) is 0.747. The maximum absolute atomic E-state index is 11.7. The van der Waals surface area contributed by atoms with E-state index in [-0.39, 0.29) is 11.7 Å². The molecule has 0 aromatic carbocycles. The Balaban J connectivity index is 2.14. The van der Waals surface area contributed by atoms with Crippen LogP contribution < -0.4 is 5.32 Å². The molecular weight excluding hydrogens is 394 g/mol. The van der Waals surface area contributed by atoms with Crippen molar-refractivity contribution in [1.82, 2.24) is 5.32 Å². The Morgan fingerprint density at radius 2 is 2.10 bits per heavy atom. The highest BCUT2D eigenvalue weighted by Crippen LogP contribution is 2.39. The molecule has 20 heavy (non-hydrogen) atoms. The molecule has 7 heteroatoms. The summed E-state index contributed by atoms with van der Waals surface area (Å²) >= 11 is 6.37. The molecule has 0 aromatic heterocycles. The van der Waals surface area contributed by atoms with Gasteiger partial charge in [-0.2, -0.15) is 0 Å². The summed E-state index contributed by atoms with van der Waals surface area (Å²) < 4.78 is 6.30. The van der Waals surface area contributed by atoms with Crippen LogP contribution in [0.15, 0.2) is 21.1 Å². The fourth-order valence-corrected chi connectivity index (χ4v) is 3.80. The van der Waals surface area contributed by atoms with Gasteiger partial charge < -0.3 is 15.2 Å². The van der Waals surface area contributed by atoms with Crippen molar-refractivity contribution in [2.24, 2.45) is 0 Å². The van der Waals surface area contributed by atoms with Crippen LogP contribution in [0, 0.1) is 0 Å². The number of Topliss-reactive ketones (excluding diaryl/α,β-unsaturated/α-hetero) is 1. The van der Waals surface area contributed by atoms with Crippen molar-refractivity contribution in [3.8, 4) is 0 Å². The molecule has 1 spiro atoms. The molecule has 1 heterocycles. The number of rotatable bonds is 3. The minimum atomic E-state index is -1.10. The number of ketones is 1. The van der Waals surface area contributed by atoms with Crippen molar-refractivity contribution < 1.29 is 19.4 Å². The monoisotopic (exact) mass is 407 g/mol. The summed E-state index contributed by atoms with van der Waals surface area (Å²) in [6.07, 6.45) is 3.67. The molecule has 0 radical (unpaired) electrons. The number of aliphatic hydroxyl groups excluding tert-OH is 1. The zero-order valence-corrected chi connectivity index (χ0v) is 14.0. The molecular formula is C13H15Br2NO4. The number of carbonyl (C=O) groups is 2. The second-order valence-corrected chi connectivity index (χ2v) is 6.61. The SMILES string of the molecule is CCCC(=O)NC1CC2(C=C(Br)C(=O)C(Br)=C2)OC1O. The molecule has 0 saturated carbocycles. The van der Waals surface area contributed by atoms with E-state index in [4.69, 9.17) is 4.74 Å². The zero-order valence-electron chi connectivity index (χ0n) is 10.9. The van der Waals surface area contributed by atoms with Gasteiger partial charge in [0.25, 0.3) is 0 Å². The molecule has 2 aliphatic rings. The van der Waals surface area contributed by atoms with E-state index < -0.39 is 17.9 Å². The lowest BCUT2D eigenvalue weighted by atomic mass is 9.92. The first-order valence-electron chi connectivity index (χ1n) is 6.33. The van der Waals surface area contributed by atoms with Crippen LogP contribution in [0.25, 0.3) is 0 Å². The van der Waals surface area contributed by atoms with Gasteiger partial charge in [-0.05, 0) is 50.4 Å². The third-order valence-electron chi connectivity index (χ3n) is 3.22. The first-order chi connectivity index (χ1) is 9.37. The average molecular weight is 409 g/mol. The number of halogens is 2. The molecule has 1 amide bonds. The molecule has 1 fully saturated rings. The van der Waals surface area contributed by atoms with E-state index in [1.165, 1.54) is 0 Å². The number of nitrogens with one attached hydrogen (secondary N) is 1. The van der Waals surface area contributed by atoms with Gasteiger partial charge in [-0.3, -0.25) is 9.59 Å². The van der Waals surface area contributed by atoms with E-state index in [9.17, 15) is 14.7 Å². The predicted molar refractivity (Wildman–Crippen MR) is 80.3 cm³/mol. The van der Waals surface area contributed by atoms with Crippen LogP contribution in [0.2, 0.25) is 0 Å². The Morgan fingerprint density at radius 1 is 1.50 bits per heavy atom. The Morgan fingerprint density at radius 3 is 2.65 bits per heavy atom. The Hall–Kier alpha value is -0.500. The number of ether oxygens (including phenoxy) is 1. The van der Waals surface area contributed by atoms with Gasteiger partial charge in [0.2, 0.25) is 11.7 Å². The van der Waals surface area contributed by atoms with Crippen molar-refractivity contribution in [3.63, 3.8) is 0 Å². The van der Waals surface area contributed by atoms with E-state index in [1.54, 1.807) is 12.2 Å². The van der Waals surface area contributed by atoms with Crippen LogP contribution >= 0.6 is 31.9 Å². The van der Waals surface area contributed by atoms with Crippen LogP contribution in [-0.2, 0) is 14.3 Å². The highest BCUT2D eigenvalue weighted by Gasteiger charge is 2.46. The molecule has 1 aliphatic heterocycles. The highest BCUT2D eigenvalue weighted by atomic mass is 79.9. The number of allylic oxidation sites excluding steroid dienone is 2. The molecule has 0 aromatic rings. The second kappa shape index (κ2) is 6.09. The standard InChI is InChI=1S/C13H15Br2NO4/c1-2-3-10(17)16-9-6-13(20-12(9)19)4-7(14)11(18)8(15)5-13/h4-5,9,12,19H,2-3,6H2,1H3,(H,16,17). The summed E-state index contributed by atoms with van der Waals surface area (Å²) in [5.41, 5.74) is -0.880. The van der Waals surface area contributed by atoms with Gasteiger partial charge in [0.15, 0.2) is 6.29 Å². The number of aliphatic hydroxyl groups is 1. The minimum Gasteiger partial charge on any atom is -0.366 e. The van der Waals surface area contributed by atoms with Crippen molar-refractivity contribution in [1.29, 1.82) is 0 Å². The zero-order chi connectivity index (χ0) is 14.9. The van der Waals surface area contributed by atoms with Crippen LogP contribution in [0.1, 0.15) is 26.2 Å². The lowest BCUT2D eigenvalue weighted by molar-refractivity contribution is -0.129. The highest BCUT2D eigenvalue weighted by molar-refractivity contribution is 9.13. The molecule has 2 N–H and O–H groups in total. The van der Waals surface area contributed by atoms with Gasteiger partial charge in [-0.25, -0.2) is 0 Å². The molecule has 1 saturated heterocycles. The molecule has 2 rings (SSSR count). The molecule has 5 nitrogen and oxygen atoms in total. The van der Waals surface area contributed by atoms with Crippen molar-refractivity contribution in [2.45, 2.75) is 44.1 Å². The predicted octanol–water partition coefficient (Wildman–Crippen LogP) is 1.89. The third kappa shape index (κ3) is 3.21. The lowest BCUT2D eigenvalue weighted by Crippen LogP contribution is -2.40. The maximum atomic E-state index is 11.7. The third-order valence-corrected chi connectivity index (χ3v) is 4.40. The fraction of sp³-hybridized carbons (Fsp3) is 0.538. The Bertz CT molecular complexity index is 479. The minimum absolute atomic E-state index is 0.116. The summed E-state index contributed by atoms with van der Waals surface area (Å²) in [6, 6.07) is -0.490. The van der Waals surface area contributed by atoms with E-state index in [1.807, 2.05) is 6.92 Å². The van der Waals surface area contributed by atoms with Gasteiger partial charge >= 0.3 is 0 Å². The van der Waals surface area contributed by atoms with E-state index in [0.29, 0.717) is 21.8 Å². The number of carbonyl (C=O) groups excluding carboxylic acids is 2. The van der Waals surface area contributed by atoms with Crippen molar-refractivity contribution in [3.05, 3.63) is 21.1 Å². The van der Waals surface area contributed by atoms with E-state index in [0.717, 1.165) is 6.42 Å². The fourth-order valence-electron chi connectivity index (χ4n) is 2.33. The van der Waals surface area contributed by atoms with E-state index >= 15 is 0 Å². The Labute approximate surface area is 133 Å². The van der Waals surface area contributed by atoms with Crippen molar-refractivity contribution in [2.75, 3.05) is 0 Å². The van der Waals surface area contributed by atoms with Gasteiger partial charge in [0.1, 0.15) is 5.60 Å². The maximum Gasteiger partial charge on any atom is 0.220 e. The van der Waals surface area contributed by atoms with Gasteiger partial charge in [-0.1, -0.05) is 6.92 Å². The molecule has 2 atom stereocenters. The first kappa shape index (κ1) is 15.9. The summed E-state index contributed by atoms with van der Waals surface area (Å²) in [5.74, 6) is -0.289. The average Bonchev–Trinajstić information content (AvgIpc) is 2.62. The number of hydrogen-bond donors (Lipinski definition) is 2. The van der Waals surface area contributed by atoms with Crippen LogP contribution in [0.5, 0.6) is 0 Å².